The van der Waals surface area contributed by atoms with E-state index < -0.39 is 11.7 Å². The Balaban J connectivity index is 2.15. The van der Waals surface area contributed by atoms with Gasteiger partial charge in [-0.05, 0) is 42.6 Å². The summed E-state index contributed by atoms with van der Waals surface area (Å²) in [4.78, 5) is 3.82. The minimum atomic E-state index is -4.34. The van der Waals surface area contributed by atoms with E-state index in [-0.39, 0.29) is 6.54 Å². The van der Waals surface area contributed by atoms with Gasteiger partial charge in [-0.25, -0.2) is 0 Å². The first-order valence-electron chi connectivity index (χ1n) is 6.06. The van der Waals surface area contributed by atoms with Gasteiger partial charge in [-0.15, -0.1) is 0 Å². The van der Waals surface area contributed by atoms with E-state index >= 15 is 0 Å². The molecule has 0 atom stereocenters. The summed E-state index contributed by atoms with van der Waals surface area (Å²) in [6, 6.07) is 10.2. The average molecular weight is 313 g/mol. The van der Waals surface area contributed by atoms with Crippen molar-refractivity contribution in [2.24, 2.45) is 4.99 Å². The minimum Gasteiger partial charge on any atom is -0.379 e. The van der Waals surface area contributed by atoms with Crippen LogP contribution in [0.4, 0.5) is 24.5 Å². The Kier molecular flexibility index (Phi) is 4.53. The van der Waals surface area contributed by atoms with Crippen LogP contribution >= 0.6 is 11.6 Å². The molecule has 0 fully saturated rings. The van der Waals surface area contributed by atoms with Crippen LogP contribution in [0.5, 0.6) is 0 Å². The zero-order valence-corrected chi connectivity index (χ0v) is 11.7. The van der Waals surface area contributed by atoms with Crippen molar-refractivity contribution < 1.29 is 13.2 Å². The Morgan fingerprint density at radius 2 is 1.90 bits per heavy atom. The lowest BCUT2D eigenvalue weighted by atomic mass is 10.1. The number of aliphatic imine (C=N–C) groups is 1. The fourth-order valence-corrected chi connectivity index (χ4v) is 2.01. The predicted molar refractivity (Wildman–Crippen MR) is 79.4 cm³/mol. The molecule has 0 radical (unpaired) electrons. The quantitative estimate of drug-likeness (QED) is 0.761. The Bertz CT molecular complexity index is 654. The van der Waals surface area contributed by atoms with Crippen LogP contribution in [0.3, 0.4) is 0 Å². The fraction of sp³-hybridized carbons (Fsp3) is 0.133. The lowest BCUT2D eigenvalue weighted by molar-refractivity contribution is -0.137. The van der Waals surface area contributed by atoms with E-state index in [4.69, 9.17) is 11.6 Å². The zero-order chi connectivity index (χ0) is 15.5. The number of alkyl halides is 3. The van der Waals surface area contributed by atoms with Crippen molar-refractivity contribution >= 4 is 29.7 Å². The molecule has 2 aromatic carbocycles. The number of halogens is 4. The van der Waals surface area contributed by atoms with Gasteiger partial charge in [-0.3, -0.25) is 4.99 Å². The number of nitrogens with zero attached hydrogens (tertiary/aromatic N) is 1. The first-order valence-corrected chi connectivity index (χ1v) is 6.44. The van der Waals surface area contributed by atoms with Gasteiger partial charge in [0.2, 0.25) is 0 Å². The number of rotatable bonds is 4. The lowest BCUT2D eigenvalue weighted by Gasteiger charge is -2.11. The second kappa shape index (κ2) is 6.18. The summed E-state index contributed by atoms with van der Waals surface area (Å²) in [6.07, 6.45) is -4.34. The van der Waals surface area contributed by atoms with Crippen molar-refractivity contribution in [3.8, 4) is 0 Å². The smallest absolute Gasteiger partial charge is 0.379 e. The summed E-state index contributed by atoms with van der Waals surface area (Å²) in [5.41, 5.74) is 1.07. The Hall–Kier alpha value is -2.01. The van der Waals surface area contributed by atoms with Crippen LogP contribution in [0, 0.1) is 0 Å². The van der Waals surface area contributed by atoms with Crippen LogP contribution < -0.4 is 5.32 Å². The van der Waals surface area contributed by atoms with Crippen LogP contribution in [0.2, 0.25) is 5.02 Å². The molecular formula is C15H12ClF3N2. The van der Waals surface area contributed by atoms with Gasteiger partial charge >= 0.3 is 6.18 Å². The number of anilines is 1. The highest BCUT2D eigenvalue weighted by atomic mass is 35.5. The second-order valence-electron chi connectivity index (χ2n) is 4.37. The van der Waals surface area contributed by atoms with Crippen LogP contribution in [0.25, 0.3) is 0 Å². The van der Waals surface area contributed by atoms with Crippen molar-refractivity contribution in [1.29, 1.82) is 0 Å². The van der Waals surface area contributed by atoms with E-state index in [1.165, 1.54) is 6.07 Å². The molecule has 0 aliphatic carbocycles. The van der Waals surface area contributed by atoms with Gasteiger partial charge in [0.25, 0.3) is 0 Å². The van der Waals surface area contributed by atoms with Crippen LogP contribution in [0.15, 0.2) is 47.5 Å². The molecule has 0 amide bonds. The van der Waals surface area contributed by atoms with Gasteiger partial charge in [0.15, 0.2) is 0 Å². The highest BCUT2D eigenvalue weighted by molar-refractivity contribution is 6.31. The third kappa shape index (κ3) is 3.98. The Morgan fingerprint density at radius 3 is 2.57 bits per heavy atom. The maximum Gasteiger partial charge on any atom is 0.416 e. The van der Waals surface area contributed by atoms with Gasteiger partial charge in [0.05, 0.1) is 16.9 Å². The third-order valence-electron chi connectivity index (χ3n) is 2.87. The molecule has 0 aromatic heterocycles. The van der Waals surface area contributed by atoms with Gasteiger partial charge in [0, 0.05) is 11.6 Å². The fourth-order valence-electron chi connectivity index (χ4n) is 1.84. The zero-order valence-electron chi connectivity index (χ0n) is 10.9. The van der Waals surface area contributed by atoms with Gasteiger partial charge in [-0.1, -0.05) is 23.7 Å². The van der Waals surface area contributed by atoms with Crippen LogP contribution in [0.1, 0.15) is 11.1 Å². The Morgan fingerprint density at radius 1 is 1.14 bits per heavy atom. The SMILES string of the molecule is C=Nc1cc(Cl)ccc1NCc1cccc(C(F)(F)F)c1. The Labute approximate surface area is 125 Å². The topological polar surface area (TPSA) is 24.4 Å². The molecule has 110 valence electrons. The van der Waals surface area contributed by atoms with E-state index in [0.29, 0.717) is 22.0 Å². The number of hydrogen-bond acceptors (Lipinski definition) is 2. The first kappa shape index (κ1) is 15.4. The number of hydrogen-bond donors (Lipinski definition) is 1. The van der Waals surface area contributed by atoms with Crippen molar-refractivity contribution in [3.05, 3.63) is 58.6 Å². The van der Waals surface area contributed by atoms with Crippen molar-refractivity contribution in [1.82, 2.24) is 0 Å². The summed E-state index contributed by atoms with van der Waals surface area (Å²) in [5, 5.41) is 3.54. The van der Waals surface area contributed by atoms with E-state index in [1.54, 1.807) is 24.3 Å². The van der Waals surface area contributed by atoms with Crippen LogP contribution in [-0.4, -0.2) is 6.72 Å². The molecule has 2 rings (SSSR count). The standard InChI is InChI=1S/C15H12ClF3N2/c1-20-14-8-12(16)5-6-13(14)21-9-10-3-2-4-11(7-10)15(17,18)19/h2-8,21H,1,9H2. The molecule has 2 aromatic rings. The third-order valence-corrected chi connectivity index (χ3v) is 3.10. The highest BCUT2D eigenvalue weighted by Crippen LogP contribution is 2.31. The monoisotopic (exact) mass is 312 g/mol. The summed E-state index contributed by atoms with van der Waals surface area (Å²) < 4.78 is 37.9. The molecule has 0 heterocycles. The molecule has 2 nitrogen and oxygen atoms in total. The molecule has 21 heavy (non-hydrogen) atoms. The van der Waals surface area contributed by atoms with E-state index in [0.717, 1.165) is 12.1 Å². The molecule has 0 saturated heterocycles. The van der Waals surface area contributed by atoms with Crippen molar-refractivity contribution in [2.75, 3.05) is 5.32 Å². The molecule has 0 saturated carbocycles. The molecule has 6 heteroatoms. The van der Waals surface area contributed by atoms with Gasteiger partial charge < -0.3 is 5.32 Å². The molecular weight excluding hydrogens is 301 g/mol. The van der Waals surface area contributed by atoms with Gasteiger partial charge in [0.1, 0.15) is 0 Å². The normalized spacial score (nSPS) is 11.2. The number of benzene rings is 2. The lowest BCUT2D eigenvalue weighted by Crippen LogP contribution is -2.06. The van der Waals surface area contributed by atoms with Gasteiger partial charge in [-0.2, -0.15) is 13.2 Å². The van der Waals surface area contributed by atoms with E-state index in [1.807, 2.05) is 0 Å². The molecule has 1 N–H and O–H groups in total. The molecule has 0 bridgehead atoms. The van der Waals surface area contributed by atoms with Crippen molar-refractivity contribution in [2.45, 2.75) is 12.7 Å². The molecule has 0 spiro atoms. The molecule has 0 aliphatic heterocycles. The first-order chi connectivity index (χ1) is 9.90. The predicted octanol–water partition coefficient (Wildman–Crippen LogP) is 5.30. The highest BCUT2D eigenvalue weighted by Gasteiger charge is 2.30. The second-order valence-corrected chi connectivity index (χ2v) is 4.81. The van der Waals surface area contributed by atoms with Crippen LogP contribution in [-0.2, 0) is 12.7 Å². The van der Waals surface area contributed by atoms with E-state index in [9.17, 15) is 13.2 Å². The molecule has 0 aliphatic rings. The summed E-state index contributed by atoms with van der Waals surface area (Å²) >= 11 is 5.84. The molecule has 0 unspecified atom stereocenters. The maximum atomic E-state index is 12.6. The number of nitrogens with one attached hydrogen (secondary N) is 1. The summed E-state index contributed by atoms with van der Waals surface area (Å²) in [5.74, 6) is 0. The van der Waals surface area contributed by atoms with E-state index in [2.05, 4.69) is 17.0 Å². The summed E-state index contributed by atoms with van der Waals surface area (Å²) in [6.45, 7) is 3.68. The largest absolute Gasteiger partial charge is 0.416 e. The summed E-state index contributed by atoms with van der Waals surface area (Å²) in [7, 11) is 0. The maximum absolute atomic E-state index is 12.6. The average Bonchev–Trinajstić information content (AvgIpc) is 2.45. The minimum absolute atomic E-state index is 0.244. The van der Waals surface area contributed by atoms with Crippen molar-refractivity contribution in [3.63, 3.8) is 0 Å².